The van der Waals surface area contributed by atoms with Crippen LogP contribution in [0.5, 0.6) is 5.75 Å². The van der Waals surface area contributed by atoms with Crippen LogP contribution in [0.3, 0.4) is 0 Å². The number of pyridine rings is 2. The Kier molecular flexibility index (Phi) is 1.42. The van der Waals surface area contributed by atoms with Crippen molar-refractivity contribution in [3.05, 3.63) is 35.8 Å². The van der Waals surface area contributed by atoms with E-state index in [1.807, 2.05) is 0 Å². The molecule has 2 heterocycles. The van der Waals surface area contributed by atoms with Gasteiger partial charge in [0.05, 0.1) is 23.6 Å². The van der Waals surface area contributed by atoms with Crippen molar-refractivity contribution < 1.29 is 9.90 Å². The molecule has 1 aliphatic carbocycles. The van der Waals surface area contributed by atoms with Gasteiger partial charge in [0.2, 0.25) is 0 Å². The number of nitrogens with zero attached hydrogens (tertiary/aromatic N) is 2. The lowest BCUT2D eigenvalue weighted by molar-refractivity contribution is 0.105. The highest BCUT2D eigenvalue weighted by Crippen LogP contribution is 2.27. The predicted molar refractivity (Wildman–Crippen MR) is 54.6 cm³/mol. The number of aromatic hydroxyl groups is 1. The molecule has 1 N–H and O–H groups in total. The molecule has 15 heavy (non-hydrogen) atoms. The van der Waals surface area contributed by atoms with Crippen LogP contribution in [0.4, 0.5) is 0 Å². The van der Waals surface area contributed by atoms with Gasteiger partial charge in [-0.3, -0.25) is 9.78 Å². The van der Waals surface area contributed by atoms with E-state index in [0.29, 0.717) is 22.2 Å². The number of fused-ring (bicyclic) bond motifs is 2. The molecule has 0 amide bonds. The molecule has 0 saturated carbocycles. The quantitative estimate of drug-likeness (QED) is 0.697. The monoisotopic (exact) mass is 198 g/mol. The lowest BCUT2D eigenvalue weighted by Gasteiger charge is -2.02. The molecule has 2 aromatic rings. The van der Waals surface area contributed by atoms with Gasteiger partial charge < -0.3 is 5.11 Å². The lowest BCUT2D eigenvalue weighted by Crippen LogP contribution is -1.95. The molecule has 0 radical (unpaired) electrons. The molecular weight excluding hydrogens is 192 g/mol. The summed E-state index contributed by atoms with van der Waals surface area (Å²) in [6.45, 7) is 0. The maximum Gasteiger partial charge on any atom is 0.188 e. The number of allylic oxidation sites excluding steroid dienone is 1. The molecule has 0 spiro atoms. The van der Waals surface area contributed by atoms with Crippen LogP contribution in [0.1, 0.15) is 16.1 Å². The van der Waals surface area contributed by atoms with Crippen LogP contribution in [0.15, 0.2) is 24.5 Å². The minimum absolute atomic E-state index is 0.0440. The normalized spacial score (nSPS) is 13.5. The van der Waals surface area contributed by atoms with E-state index in [9.17, 15) is 9.90 Å². The summed E-state index contributed by atoms with van der Waals surface area (Å²) < 4.78 is 0. The Hall–Kier alpha value is -2.23. The van der Waals surface area contributed by atoms with Gasteiger partial charge in [0.15, 0.2) is 5.78 Å². The topological polar surface area (TPSA) is 63.1 Å². The highest BCUT2D eigenvalue weighted by molar-refractivity contribution is 6.14. The van der Waals surface area contributed by atoms with Crippen LogP contribution in [0.2, 0.25) is 0 Å². The summed E-state index contributed by atoms with van der Waals surface area (Å²) in [5.74, 6) is -0.0295. The van der Waals surface area contributed by atoms with Crippen LogP contribution in [0.25, 0.3) is 17.0 Å². The molecule has 0 atom stereocenters. The molecule has 4 heteroatoms. The Bertz CT molecular complexity index is 617. The smallest absolute Gasteiger partial charge is 0.188 e. The average Bonchev–Trinajstić information content (AvgIpc) is 2.59. The minimum atomic E-state index is -0.0735. The number of carbonyl (C=O) groups is 1. The van der Waals surface area contributed by atoms with Crippen molar-refractivity contribution >= 4 is 22.8 Å². The number of carbonyl (C=O) groups excluding carboxylic acids is 1. The second-order valence-corrected chi connectivity index (χ2v) is 3.34. The van der Waals surface area contributed by atoms with Crippen molar-refractivity contribution in [2.45, 2.75) is 0 Å². The van der Waals surface area contributed by atoms with Crippen LogP contribution in [-0.4, -0.2) is 20.9 Å². The number of hydrogen-bond donors (Lipinski definition) is 1. The van der Waals surface area contributed by atoms with Crippen molar-refractivity contribution in [1.29, 1.82) is 0 Å². The Labute approximate surface area is 84.9 Å². The number of ketones is 1. The summed E-state index contributed by atoms with van der Waals surface area (Å²) in [5.41, 5.74) is 1.76. The fraction of sp³-hybridized carbons (Fsp3) is 0. The first-order chi connectivity index (χ1) is 7.25. The van der Waals surface area contributed by atoms with Crippen molar-refractivity contribution in [3.8, 4) is 5.75 Å². The highest BCUT2D eigenvalue weighted by Gasteiger charge is 2.16. The van der Waals surface area contributed by atoms with E-state index in [1.54, 1.807) is 18.3 Å². The highest BCUT2D eigenvalue weighted by atomic mass is 16.3. The third-order valence-corrected chi connectivity index (χ3v) is 2.41. The van der Waals surface area contributed by atoms with Gasteiger partial charge in [0, 0.05) is 10.9 Å². The van der Waals surface area contributed by atoms with Crippen molar-refractivity contribution in [2.75, 3.05) is 0 Å². The molecule has 72 valence electrons. The summed E-state index contributed by atoms with van der Waals surface area (Å²) in [6.07, 6.45) is 6.04. The van der Waals surface area contributed by atoms with Gasteiger partial charge in [-0.2, -0.15) is 0 Å². The number of hydrogen-bond acceptors (Lipinski definition) is 4. The zero-order valence-corrected chi connectivity index (χ0v) is 7.64. The molecule has 4 nitrogen and oxygen atoms in total. The first-order valence-electron chi connectivity index (χ1n) is 4.46. The molecule has 0 aromatic carbocycles. The van der Waals surface area contributed by atoms with Gasteiger partial charge in [-0.15, -0.1) is 0 Å². The van der Waals surface area contributed by atoms with Crippen LogP contribution in [0, 0.1) is 0 Å². The van der Waals surface area contributed by atoms with E-state index in [1.165, 1.54) is 12.3 Å². The van der Waals surface area contributed by atoms with Crippen molar-refractivity contribution in [3.63, 3.8) is 0 Å². The largest absolute Gasteiger partial charge is 0.506 e. The lowest BCUT2D eigenvalue weighted by atomic mass is 10.1. The van der Waals surface area contributed by atoms with Crippen molar-refractivity contribution in [2.24, 2.45) is 0 Å². The molecule has 0 fully saturated rings. The van der Waals surface area contributed by atoms with E-state index < -0.39 is 0 Å². The maximum absolute atomic E-state index is 11.4. The summed E-state index contributed by atoms with van der Waals surface area (Å²) in [7, 11) is 0. The summed E-state index contributed by atoms with van der Waals surface area (Å²) >= 11 is 0. The maximum atomic E-state index is 11.4. The van der Waals surface area contributed by atoms with E-state index in [0.717, 1.165) is 0 Å². The first kappa shape index (κ1) is 8.11. The van der Waals surface area contributed by atoms with Gasteiger partial charge in [-0.05, 0) is 18.2 Å². The SMILES string of the molecule is O=C1C=Cc2nc3cncc(O)c3cc21. The molecule has 2 aromatic heterocycles. The fourth-order valence-corrected chi connectivity index (χ4v) is 1.66. The third kappa shape index (κ3) is 1.05. The molecular formula is C11H6N2O2. The Balaban J connectivity index is 2.44. The predicted octanol–water partition coefficient (Wildman–Crippen LogP) is 1.54. The third-order valence-electron chi connectivity index (χ3n) is 2.41. The molecule has 0 bridgehead atoms. The van der Waals surface area contributed by atoms with Crippen LogP contribution < -0.4 is 0 Å². The summed E-state index contributed by atoms with van der Waals surface area (Å²) in [6, 6.07) is 1.65. The molecule has 0 unspecified atom stereocenters. The van der Waals surface area contributed by atoms with E-state index in [4.69, 9.17) is 0 Å². The van der Waals surface area contributed by atoms with Gasteiger partial charge in [-0.25, -0.2) is 4.98 Å². The zero-order chi connectivity index (χ0) is 10.4. The molecule has 0 aliphatic heterocycles. The fourth-order valence-electron chi connectivity index (χ4n) is 1.66. The van der Waals surface area contributed by atoms with E-state index >= 15 is 0 Å². The van der Waals surface area contributed by atoms with Gasteiger partial charge in [0.25, 0.3) is 0 Å². The van der Waals surface area contributed by atoms with Crippen molar-refractivity contribution in [1.82, 2.24) is 9.97 Å². The minimum Gasteiger partial charge on any atom is -0.506 e. The first-order valence-corrected chi connectivity index (χ1v) is 4.46. The van der Waals surface area contributed by atoms with E-state index in [-0.39, 0.29) is 11.5 Å². The van der Waals surface area contributed by atoms with Crippen LogP contribution >= 0.6 is 0 Å². The second kappa shape index (κ2) is 2.63. The summed E-state index contributed by atoms with van der Waals surface area (Å²) in [4.78, 5) is 19.5. The second-order valence-electron chi connectivity index (χ2n) is 3.34. The van der Waals surface area contributed by atoms with Gasteiger partial charge in [-0.1, -0.05) is 0 Å². The number of rotatable bonds is 0. The van der Waals surface area contributed by atoms with Gasteiger partial charge in [0.1, 0.15) is 5.75 Å². The Morgan fingerprint density at radius 3 is 2.93 bits per heavy atom. The molecule has 1 aliphatic rings. The van der Waals surface area contributed by atoms with Crippen LogP contribution in [-0.2, 0) is 0 Å². The van der Waals surface area contributed by atoms with Gasteiger partial charge >= 0.3 is 0 Å². The standard InChI is InChI=1S/C11H6N2O2/c14-10-2-1-8-6(10)3-7-9(13-8)4-12-5-11(7)15/h1-5,15H. The Morgan fingerprint density at radius 2 is 2.07 bits per heavy atom. The zero-order valence-electron chi connectivity index (χ0n) is 7.64. The molecule has 0 saturated heterocycles. The average molecular weight is 198 g/mol. The summed E-state index contributed by atoms with van der Waals surface area (Å²) in [5, 5.41) is 10.1. The van der Waals surface area contributed by atoms with E-state index in [2.05, 4.69) is 9.97 Å². The Morgan fingerprint density at radius 1 is 1.20 bits per heavy atom. The number of aromatic nitrogens is 2. The molecule has 3 rings (SSSR count).